The lowest BCUT2D eigenvalue weighted by Gasteiger charge is -2.31. The minimum absolute atomic E-state index is 0.0496. The van der Waals surface area contributed by atoms with Crippen LogP contribution in [0.4, 0.5) is 15.9 Å². The van der Waals surface area contributed by atoms with Crippen molar-refractivity contribution in [1.29, 1.82) is 0 Å². The molecule has 0 fully saturated rings. The van der Waals surface area contributed by atoms with Crippen LogP contribution in [-0.2, 0) is 22.6 Å². The molecule has 0 saturated heterocycles. The number of ether oxygens (including phenoxy) is 2. The van der Waals surface area contributed by atoms with Gasteiger partial charge in [0.1, 0.15) is 11.5 Å². The standard InChI is InChI=1S/C25H30Cl2FN7O3/c1-12(22(30)24(36)34(2)3)17-10-35(7-5-6-31-17)23-13-11-38-18(9-16(13)32-25(33-23)37-4)19-20(27)14(26)8-15(29)21(19)28/h8,18H,5-7,9-11,29-30H2,1-4H3/b22-12-. The van der Waals surface area contributed by atoms with Crippen LogP contribution in [0.25, 0.3) is 0 Å². The summed E-state index contributed by atoms with van der Waals surface area (Å²) in [6.07, 6.45) is 0.202. The Morgan fingerprint density at radius 2 is 2.05 bits per heavy atom. The summed E-state index contributed by atoms with van der Waals surface area (Å²) in [5.74, 6) is -0.342. The van der Waals surface area contributed by atoms with Gasteiger partial charge in [0.2, 0.25) is 0 Å². The Morgan fingerprint density at radius 1 is 1.32 bits per heavy atom. The Balaban J connectivity index is 1.70. The molecule has 13 heteroatoms. The molecular formula is C25H30Cl2FN7O3. The summed E-state index contributed by atoms with van der Waals surface area (Å²) >= 11 is 12.5. The molecule has 1 unspecified atom stereocenters. The van der Waals surface area contributed by atoms with Crippen molar-refractivity contribution in [3.63, 3.8) is 0 Å². The van der Waals surface area contributed by atoms with Crippen molar-refractivity contribution in [2.75, 3.05) is 51.5 Å². The van der Waals surface area contributed by atoms with Crippen molar-refractivity contribution in [3.05, 3.63) is 50.0 Å². The highest BCUT2D eigenvalue weighted by Crippen LogP contribution is 2.42. The number of amides is 1. The van der Waals surface area contributed by atoms with Crippen LogP contribution in [0, 0.1) is 5.82 Å². The molecule has 0 aliphatic carbocycles. The molecule has 1 aromatic carbocycles. The third kappa shape index (κ3) is 5.36. The zero-order valence-corrected chi connectivity index (χ0v) is 23.2. The summed E-state index contributed by atoms with van der Waals surface area (Å²) in [5.41, 5.74) is 14.8. The summed E-state index contributed by atoms with van der Waals surface area (Å²) in [7, 11) is 4.77. The van der Waals surface area contributed by atoms with Crippen molar-refractivity contribution in [3.8, 4) is 6.01 Å². The number of likely N-dealkylation sites (N-methyl/N-ethyl adjacent to an activating group) is 1. The second kappa shape index (κ2) is 11.3. The molecule has 1 aromatic heterocycles. The van der Waals surface area contributed by atoms with E-state index in [1.165, 1.54) is 18.1 Å². The number of benzene rings is 1. The number of fused-ring (bicyclic) bond motifs is 1. The van der Waals surface area contributed by atoms with Gasteiger partial charge in [-0.3, -0.25) is 9.79 Å². The largest absolute Gasteiger partial charge is 0.467 e. The first kappa shape index (κ1) is 27.9. The van der Waals surface area contributed by atoms with Crippen molar-refractivity contribution < 1.29 is 18.7 Å². The average molecular weight is 566 g/mol. The number of nitrogen functional groups attached to an aromatic ring is 1. The van der Waals surface area contributed by atoms with E-state index in [0.29, 0.717) is 42.4 Å². The van der Waals surface area contributed by atoms with Crippen molar-refractivity contribution >= 4 is 46.3 Å². The number of anilines is 2. The molecule has 38 heavy (non-hydrogen) atoms. The van der Waals surface area contributed by atoms with Crippen LogP contribution < -0.4 is 21.1 Å². The van der Waals surface area contributed by atoms with Crippen LogP contribution in [0.15, 0.2) is 22.3 Å². The van der Waals surface area contributed by atoms with Crippen LogP contribution in [-0.4, -0.2) is 67.3 Å². The molecule has 3 heterocycles. The quantitative estimate of drug-likeness (QED) is 0.320. The first-order chi connectivity index (χ1) is 18.0. The molecule has 0 saturated carbocycles. The molecule has 0 spiro atoms. The fourth-order valence-electron chi connectivity index (χ4n) is 4.46. The van der Waals surface area contributed by atoms with E-state index >= 15 is 0 Å². The highest BCUT2D eigenvalue weighted by atomic mass is 35.5. The fourth-order valence-corrected chi connectivity index (χ4v) is 4.93. The molecule has 4 N–H and O–H groups in total. The molecule has 2 aromatic rings. The van der Waals surface area contributed by atoms with E-state index in [0.717, 1.165) is 12.0 Å². The molecule has 0 bridgehead atoms. The normalized spacial score (nSPS) is 18.2. The number of hydrogen-bond acceptors (Lipinski definition) is 9. The number of nitrogens with two attached hydrogens (primary N) is 2. The molecule has 10 nitrogen and oxygen atoms in total. The van der Waals surface area contributed by atoms with Crippen LogP contribution in [0.3, 0.4) is 0 Å². The molecule has 1 amide bonds. The third-order valence-electron chi connectivity index (χ3n) is 6.58. The first-order valence-corrected chi connectivity index (χ1v) is 12.7. The predicted octanol–water partition coefficient (Wildman–Crippen LogP) is 3.30. The van der Waals surface area contributed by atoms with Crippen LogP contribution in [0.2, 0.25) is 10.0 Å². The van der Waals surface area contributed by atoms with E-state index in [4.69, 9.17) is 44.1 Å². The number of carbonyl (C=O) groups excluding carboxylic acids is 1. The molecule has 4 rings (SSSR count). The lowest BCUT2D eigenvalue weighted by atomic mass is 9.98. The van der Waals surface area contributed by atoms with Gasteiger partial charge in [0, 0.05) is 50.3 Å². The minimum atomic E-state index is -0.758. The number of aliphatic imine (C=N–C) groups is 1. The minimum Gasteiger partial charge on any atom is -0.467 e. The number of nitrogens with zero attached hydrogens (tertiary/aromatic N) is 5. The molecule has 2 aliphatic rings. The maximum atomic E-state index is 15.0. The smallest absolute Gasteiger partial charge is 0.318 e. The van der Waals surface area contributed by atoms with Gasteiger partial charge in [-0.1, -0.05) is 23.2 Å². The number of halogens is 3. The number of carbonyl (C=O) groups is 1. The fraction of sp³-hybridized carbons (Fsp3) is 0.440. The lowest BCUT2D eigenvalue weighted by Crippen LogP contribution is -2.35. The predicted molar refractivity (Wildman–Crippen MR) is 145 cm³/mol. The van der Waals surface area contributed by atoms with Crippen LogP contribution >= 0.6 is 23.2 Å². The monoisotopic (exact) mass is 565 g/mol. The second-order valence-electron chi connectivity index (χ2n) is 9.29. The summed E-state index contributed by atoms with van der Waals surface area (Å²) in [6.45, 7) is 3.47. The number of methoxy groups -OCH3 is 1. The molecule has 0 radical (unpaired) electrons. The van der Waals surface area contributed by atoms with Gasteiger partial charge in [-0.2, -0.15) is 9.97 Å². The van der Waals surface area contributed by atoms with Gasteiger partial charge in [0.15, 0.2) is 5.82 Å². The van der Waals surface area contributed by atoms with Crippen LogP contribution in [0.1, 0.15) is 36.3 Å². The highest BCUT2D eigenvalue weighted by molar-refractivity contribution is 6.42. The van der Waals surface area contributed by atoms with E-state index in [9.17, 15) is 9.18 Å². The number of hydrogen-bond donors (Lipinski definition) is 2. The van der Waals surface area contributed by atoms with E-state index in [1.807, 2.05) is 4.90 Å². The van der Waals surface area contributed by atoms with Gasteiger partial charge in [0.25, 0.3) is 5.91 Å². The van der Waals surface area contributed by atoms with E-state index in [1.54, 1.807) is 21.0 Å². The Labute approximate surface area is 230 Å². The average Bonchev–Trinajstić information content (AvgIpc) is 3.16. The molecule has 1 atom stereocenters. The van der Waals surface area contributed by atoms with Crippen LogP contribution in [0.5, 0.6) is 6.01 Å². The molecular weight excluding hydrogens is 536 g/mol. The van der Waals surface area contributed by atoms with E-state index in [-0.39, 0.29) is 51.9 Å². The van der Waals surface area contributed by atoms with Crippen molar-refractivity contribution in [2.24, 2.45) is 10.7 Å². The van der Waals surface area contributed by atoms with Gasteiger partial charge in [-0.25, -0.2) is 4.39 Å². The van der Waals surface area contributed by atoms with Crippen molar-refractivity contribution in [2.45, 2.75) is 32.5 Å². The van der Waals surface area contributed by atoms with Crippen molar-refractivity contribution in [1.82, 2.24) is 14.9 Å². The van der Waals surface area contributed by atoms with E-state index in [2.05, 4.69) is 15.0 Å². The zero-order chi connectivity index (χ0) is 27.7. The Kier molecular flexibility index (Phi) is 8.29. The Bertz CT molecular complexity index is 1310. The zero-order valence-electron chi connectivity index (χ0n) is 21.6. The van der Waals surface area contributed by atoms with Gasteiger partial charge in [0.05, 0.1) is 53.5 Å². The summed E-state index contributed by atoms with van der Waals surface area (Å²) in [4.78, 5) is 29.8. The van der Waals surface area contributed by atoms with Gasteiger partial charge in [-0.15, -0.1) is 0 Å². The SMILES string of the molecule is COc1nc2c(c(N3CCCN=C(/C(C)=C(\N)C(=O)N(C)C)C3)n1)COC(c1c(F)c(N)cc(Cl)c1Cl)C2. The Hall–Kier alpha value is -3.15. The van der Waals surface area contributed by atoms with Gasteiger partial charge in [-0.05, 0) is 19.4 Å². The van der Waals surface area contributed by atoms with Gasteiger partial charge < -0.3 is 30.7 Å². The summed E-state index contributed by atoms with van der Waals surface area (Å²) in [6, 6.07) is 1.44. The topological polar surface area (TPSA) is 132 Å². The maximum Gasteiger partial charge on any atom is 0.318 e. The third-order valence-corrected chi connectivity index (χ3v) is 7.39. The van der Waals surface area contributed by atoms with Gasteiger partial charge >= 0.3 is 6.01 Å². The second-order valence-corrected chi connectivity index (χ2v) is 10.1. The lowest BCUT2D eigenvalue weighted by molar-refractivity contribution is -0.124. The van der Waals surface area contributed by atoms with E-state index < -0.39 is 11.9 Å². The Morgan fingerprint density at radius 3 is 2.74 bits per heavy atom. The molecule has 204 valence electrons. The summed E-state index contributed by atoms with van der Waals surface area (Å²) < 4.78 is 26.5. The number of rotatable bonds is 5. The maximum absolute atomic E-state index is 15.0. The highest BCUT2D eigenvalue weighted by Gasteiger charge is 2.33. The summed E-state index contributed by atoms with van der Waals surface area (Å²) in [5, 5.41) is 0.191. The molecule has 2 aliphatic heterocycles. The number of aromatic nitrogens is 2. The first-order valence-electron chi connectivity index (χ1n) is 12.0.